The summed E-state index contributed by atoms with van der Waals surface area (Å²) in [5, 5.41) is 3.21. The third-order valence-electron chi connectivity index (χ3n) is 4.84. The molecule has 0 spiro atoms. The Kier molecular flexibility index (Phi) is 6.57. The molecule has 158 valence electrons. The monoisotopic (exact) mass is 408 g/mol. The summed E-state index contributed by atoms with van der Waals surface area (Å²) in [7, 11) is 1.54. The molecule has 0 unspecified atom stereocenters. The molecule has 1 aliphatic heterocycles. The van der Waals surface area contributed by atoms with Gasteiger partial charge in [-0.1, -0.05) is 29.8 Å². The molecular weight excluding hydrogens is 380 g/mol. The molecule has 0 saturated carbocycles. The minimum atomic E-state index is -0.352. The second-order valence-electron chi connectivity index (χ2n) is 7.64. The second kappa shape index (κ2) is 9.13. The number of methoxy groups -OCH3 is 1. The SMILES string of the molecule is COCCN1C(=O)C(Nc2ccc(C)cc2C)=C(c2ccc(OC(C)C)cc2)C1=O. The number of ether oxygens (including phenoxy) is 2. The number of nitrogens with one attached hydrogen (secondary N) is 1. The minimum Gasteiger partial charge on any atom is -0.491 e. The third-order valence-corrected chi connectivity index (χ3v) is 4.84. The maximum atomic E-state index is 13.1. The van der Waals surface area contributed by atoms with E-state index in [4.69, 9.17) is 9.47 Å². The molecule has 6 heteroatoms. The number of nitrogens with zero attached hydrogens (tertiary/aromatic N) is 1. The molecule has 1 aliphatic rings. The number of carbonyl (C=O) groups excluding carboxylic acids is 2. The molecule has 1 N–H and O–H groups in total. The standard InChI is InChI=1S/C24H28N2O4/c1-15(2)30-19-9-7-18(8-10-19)21-22(24(28)26(23(21)27)12-13-29-5)25-20-11-6-16(3)14-17(20)4/h6-11,14-15,25H,12-13H2,1-5H3. The van der Waals surface area contributed by atoms with E-state index >= 15 is 0 Å². The number of anilines is 1. The molecule has 2 aromatic carbocycles. The second-order valence-corrected chi connectivity index (χ2v) is 7.64. The summed E-state index contributed by atoms with van der Waals surface area (Å²) in [6.45, 7) is 8.37. The van der Waals surface area contributed by atoms with Crippen molar-refractivity contribution in [2.45, 2.75) is 33.8 Å². The van der Waals surface area contributed by atoms with Gasteiger partial charge in [0, 0.05) is 12.8 Å². The Bertz CT molecular complexity index is 977. The van der Waals surface area contributed by atoms with Gasteiger partial charge >= 0.3 is 0 Å². The summed E-state index contributed by atoms with van der Waals surface area (Å²) in [6, 6.07) is 13.2. The van der Waals surface area contributed by atoms with E-state index in [1.54, 1.807) is 7.11 Å². The van der Waals surface area contributed by atoms with Crippen LogP contribution in [-0.4, -0.2) is 43.1 Å². The van der Waals surface area contributed by atoms with Crippen LogP contribution >= 0.6 is 0 Å². The fourth-order valence-corrected chi connectivity index (χ4v) is 3.41. The van der Waals surface area contributed by atoms with Crippen LogP contribution in [-0.2, 0) is 14.3 Å². The van der Waals surface area contributed by atoms with Crippen molar-refractivity contribution in [3.05, 3.63) is 64.9 Å². The normalized spacial score (nSPS) is 14.1. The number of hydrogen-bond donors (Lipinski definition) is 1. The van der Waals surface area contributed by atoms with Crippen molar-refractivity contribution in [1.82, 2.24) is 4.90 Å². The summed E-state index contributed by atoms with van der Waals surface area (Å²) >= 11 is 0. The zero-order valence-corrected chi connectivity index (χ0v) is 18.1. The van der Waals surface area contributed by atoms with Crippen molar-refractivity contribution in [3.63, 3.8) is 0 Å². The van der Waals surface area contributed by atoms with Crippen LogP contribution < -0.4 is 10.1 Å². The van der Waals surface area contributed by atoms with Crippen molar-refractivity contribution in [1.29, 1.82) is 0 Å². The Labute approximate surface area is 177 Å². The molecule has 0 saturated heterocycles. The molecule has 0 aliphatic carbocycles. The van der Waals surface area contributed by atoms with Gasteiger partial charge in [-0.05, 0) is 57.0 Å². The molecular formula is C24H28N2O4. The lowest BCUT2D eigenvalue weighted by molar-refractivity contribution is -0.137. The lowest BCUT2D eigenvalue weighted by Gasteiger charge is -2.15. The quantitative estimate of drug-likeness (QED) is 0.671. The smallest absolute Gasteiger partial charge is 0.278 e. The molecule has 0 bridgehead atoms. The Hall–Kier alpha value is -3.12. The summed E-state index contributed by atoms with van der Waals surface area (Å²) in [4.78, 5) is 27.5. The lowest BCUT2D eigenvalue weighted by Crippen LogP contribution is -2.35. The van der Waals surface area contributed by atoms with Gasteiger partial charge in [0.15, 0.2) is 0 Å². The highest BCUT2D eigenvalue weighted by Gasteiger charge is 2.39. The van der Waals surface area contributed by atoms with Gasteiger partial charge in [0.25, 0.3) is 11.8 Å². The van der Waals surface area contributed by atoms with Gasteiger partial charge in [-0.3, -0.25) is 14.5 Å². The van der Waals surface area contributed by atoms with Gasteiger partial charge in [-0.15, -0.1) is 0 Å². The van der Waals surface area contributed by atoms with Crippen LogP contribution in [0.4, 0.5) is 5.69 Å². The van der Waals surface area contributed by atoms with Gasteiger partial charge < -0.3 is 14.8 Å². The van der Waals surface area contributed by atoms with Crippen molar-refractivity contribution < 1.29 is 19.1 Å². The fourth-order valence-electron chi connectivity index (χ4n) is 3.41. The van der Waals surface area contributed by atoms with Gasteiger partial charge in [0.05, 0.1) is 24.8 Å². The van der Waals surface area contributed by atoms with Gasteiger partial charge in [-0.25, -0.2) is 0 Å². The Morgan fingerprint density at radius 3 is 2.30 bits per heavy atom. The largest absolute Gasteiger partial charge is 0.491 e. The van der Waals surface area contributed by atoms with Crippen LogP contribution in [0.5, 0.6) is 5.75 Å². The maximum absolute atomic E-state index is 13.1. The van der Waals surface area contributed by atoms with E-state index in [0.717, 1.165) is 16.8 Å². The average molecular weight is 408 g/mol. The Morgan fingerprint density at radius 1 is 1.00 bits per heavy atom. The van der Waals surface area contributed by atoms with E-state index < -0.39 is 0 Å². The highest BCUT2D eigenvalue weighted by molar-refractivity contribution is 6.36. The molecule has 30 heavy (non-hydrogen) atoms. The first-order chi connectivity index (χ1) is 14.3. The maximum Gasteiger partial charge on any atom is 0.278 e. The molecule has 6 nitrogen and oxygen atoms in total. The molecule has 0 aromatic heterocycles. The van der Waals surface area contributed by atoms with E-state index in [9.17, 15) is 9.59 Å². The number of imide groups is 1. The topological polar surface area (TPSA) is 67.9 Å². The summed E-state index contributed by atoms with van der Waals surface area (Å²) < 4.78 is 10.8. The molecule has 0 atom stereocenters. The first-order valence-corrected chi connectivity index (χ1v) is 10.0. The van der Waals surface area contributed by atoms with E-state index in [2.05, 4.69) is 5.32 Å². The average Bonchev–Trinajstić information content (AvgIpc) is 2.92. The molecule has 0 fully saturated rings. The molecule has 0 radical (unpaired) electrons. The van der Waals surface area contributed by atoms with Gasteiger partial charge in [0.2, 0.25) is 0 Å². The number of rotatable bonds is 8. The van der Waals surface area contributed by atoms with E-state index in [0.29, 0.717) is 16.9 Å². The number of aryl methyl sites for hydroxylation is 2. The summed E-state index contributed by atoms with van der Waals surface area (Å²) in [5.41, 5.74) is 4.22. The molecule has 2 aromatic rings. The van der Waals surface area contributed by atoms with Crippen molar-refractivity contribution in [2.75, 3.05) is 25.6 Å². The molecule has 3 rings (SSSR count). The molecule has 1 heterocycles. The Balaban J connectivity index is 2.01. The first-order valence-electron chi connectivity index (χ1n) is 10.0. The van der Waals surface area contributed by atoms with Crippen LogP contribution in [0.3, 0.4) is 0 Å². The number of carbonyl (C=O) groups is 2. The summed E-state index contributed by atoms with van der Waals surface area (Å²) in [5.74, 6) is 0.0302. The molecule has 2 amide bonds. The van der Waals surface area contributed by atoms with Crippen molar-refractivity contribution >= 4 is 23.1 Å². The zero-order valence-electron chi connectivity index (χ0n) is 18.1. The first kappa shape index (κ1) is 21.6. The van der Waals surface area contributed by atoms with Crippen LogP contribution in [0.2, 0.25) is 0 Å². The van der Waals surface area contributed by atoms with E-state index in [-0.39, 0.29) is 36.8 Å². The van der Waals surface area contributed by atoms with E-state index in [1.807, 2.05) is 70.2 Å². The summed E-state index contributed by atoms with van der Waals surface area (Å²) in [6.07, 6.45) is 0.0519. The van der Waals surface area contributed by atoms with Gasteiger partial charge in [-0.2, -0.15) is 0 Å². The van der Waals surface area contributed by atoms with Crippen LogP contribution in [0.25, 0.3) is 5.57 Å². The number of benzene rings is 2. The number of hydrogen-bond acceptors (Lipinski definition) is 5. The van der Waals surface area contributed by atoms with Crippen LogP contribution in [0, 0.1) is 13.8 Å². The van der Waals surface area contributed by atoms with Gasteiger partial charge in [0.1, 0.15) is 11.4 Å². The lowest BCUT2D eigenvalue weighted by atomic mass is 10.0. The predicted octanol–water partition coefficient (Wildman–Crippen LogP) is 3.93. The Morgan fingerprint density at radius 2 is 1.70 bits per heavy atom. The van der Waals surface area contributed by atoms with Crippen molar-refractivity contribution in [3.8, 4) is 5.75 Å². The van der Waals surface area contributed by atoms with Crippen LogP contribution in [0.1, 0.15) is 30.5 Å². The fraction of sp³-hybridized carbons (Fsp3) is 0.333. The predicted molar refractivity (Wildman–Crippen MR) is 117 cm³/mol. The minimum absolute atomic E-state index is 0.0519. The highest BCUT2D eigenvalue weighted by atomic mass is 16.5. The number of amides is 2. The van der Waals surface area contributed by atoms with E-state index in [1.165, 1.54) is 4.90 Å². The third kappa shape index (κ3) is 4.54. The van der Waals surface area contributed by atoms with Crippen molar-refractivity contribution in [2.24, 2.45) is 0 Å². The highest BCUT2D eigenvalue weighted by Crippen LogP contribution is 2.32. The van der Waals surface area contributed by atoms with Crippen LogP contribution in [0.15, 0.2) is 48.2 Å². The zero-order chi connectivity index (χ0) is 21.8.